The highest BCUT2D eigenvalue weighted by Gasteiger charge is 2.10. The molecular formula is C13H15ClF2N2O. The van der Waals surface area contributed by atoms with Crippen molar-refractivity contribution in [3.8, 4) is 0 Å². The highest BCUT2D eigenvalue weighted by atomic mass is 35.5. The van der Waals surface area contributed by atoms with E-state index in [1.807, 2.05) is 29.7 Å². The van der Waals surface area contributed by atoms with Crippen LogP contribution in [0.3, 0.4) is 0 Å². The Hall–Kier alpha value is -1.20. The maximum absolute atomic E-state index is 12.0. The summed E-state index contributed by atoms with van der Waals surface area (Å²) in [5.41, 5.74) is 2.93. The molecule has 0 spiro atoms. The monoisotopic (exact) mass is 288 g/mol. The summed E-state index contributed by atoms with van der Waals surface area (Å²) in [6.07, 6.45) is -2.44. The zero-order valence-electron chi connectivity index (χ0n) is 10.6. The summed E-state index contributed by atoms with van der Waals surface area (Å²) >= 11 is 5.86. The maximum atomic E-state index is 12.0. The summed E-state index contributed by atoms with van der Waals surface area (Å²) < 4.78 is 30.8. The van der Waals surface area contributed by atoms with E-state index < -0.39 is 13.0 Å². The van der Waals surface area contributed by atoms with Gasteiger partial charge in [0.15, 0.2) is 0 Å². The fourth-order valence-corrected chi connectivity index (χ4v) is 2.17. The normalized spacial score (nSPS) is 11.6. The molecule has 1 heterocycles. The molecule has 0 radical (unpaired) electrons. The molecule has 0 amide bonds. The number of hydrogen-bond donors (Lipinski definition) is 0. The molecule has 0 saturated heterocycles. The average Bonchev–Trinajstić information content (AvgIpc) is 2.72. The predicted octanol–water partition coefficient (Wildman–Crippen LogP) is 3.37. The number of imidazole rings is 1. The van der Waals surface area contributed by atoms with Crippen LogP contribution in [-0.4, -0.2) is 29.2 Å². The summed E-state index contributed by atoms with van der Waals surface area (Å²) in [7, 11) is 0. The number of ether oxygens (including phenoxy) is 1. The van der Waals surface area contributed by atoms with Crippen LogP contribution >= 0.6 is 11.6 Å². The van der Waals surface area contributed by atoms with E-state index in [0.29, 0.717) is 6.54 Å². The van der Waals surface area contributed by atoms with Gasteiger partial charge in [0.2, 0.25) is 0 Å². The van der Waals surface area contributed by atoms with Gasteiger partial charge >= 0.3 is 0 Å². The van der Waals surface area contributed by atoms with Crippen molar-refractivity contribution in [1.82, 2.24) is 9.55 Å². The number of fused-ring (bicyclic) bond motifs is 1. The molecular weight excluding hydrogens is 274 g/mol. The zero-order valence-corrected chi connectivity index (χ0v) is 11.3. The van der Waals surface area contributed by atoms with Crippen molar-refractivity contribution in [2.75, 3.05) is 13.2 Å². The molecule has 0 fully saturated rings. The van der Waals surface area contributed by atoms with Crippen LogP contribution in [0, 0.1) is 6.92 Å². The first-order valence-corrected chi connectivity index (χ1v) is 6.53. The van der Waals surface area contributed by atoms with E-state index in [-0.39, 0.29) is 12.5 Å². The Morgan fingerprint density at radius 3 is 2.89 bits per heavy atom. The zero-order chi connectivity index (χ0) is 13.8. The van der Waals surface area contributed by atoms with Crippen LogP contribution in [0.2, 0.25) is 0 Å². The van der Waals surface area contributed by atoms with Crippen molar-refractivity contribution in [1.29, 1.82) is 0 Å². The number of hydrogen-bond acceptors (Lipinski definition) is 2. The fraction of sp³-hybridized carbons (Fsp3) is 0.462. The van der Waals surface area contributed by atoms with E-state index in [4.69, 9.17) is 16.3 Å². The highest BCUT2D eigenvalue weighted by Crippen LogP contribution is 2.19. The molecule has 104 valence electrons. The van der Waals surface area contributed by atoms with Gasteiger partial charge in [0.1, 0.15) is 12.4 Å². The van der Waals surface area contributed by atoms with Crippen LogP contribution in [0.1, 0.15) is 11.4 Å². The van der Waals surface area contributed by atoms with E-state index in [1.54, 1.807) is 0 Å². The Balaban J connectivity index is 2.17. The minimum atomic E-state index is -2.44. The number of nitrogens with zero attached hydrogens (tertiary/aromatic N) is 2. The minimum absolute atomic E-state index is 0.216. The molecule has 0 aliphatic rings. The SMILES string of the molecule is Cc1ccc2nc(CCl)n(CCOCC(F)F)c2c1. The molecule has 0 unspecified atom stereocenters. The second-order valence-electron chi connectivity index (χ2n) is 4.27. The molecule has 3 nitrogen and oxygen atoms in total. The van der Waals surface area contributed by atoms with E-state index in [9.17, 15) is 8.78 Å². The lowest BCUT2D eigenvalue weighted by atomic mass is 10.2. The Labute approximate surface area is 115 Å². The summed E-state index contributed by atoms with van der Waals surface area (Å²) in [4.78, 5) is 4.41. The Bertz CT molecular complexity index is 557. The van der Waals surface area contributed by atoms with E-state index in [0.717, 1.165) is 22.4 Å². The standard InChI is InChI=1S/C13H15ClF2N2O/c1-9-2-3-10-11(6-9)18(13(7-14)17-10)4-5-19-8-12(15)16/h2-3,6,12H,4-5,7-8H2,1H3. The average molecular weight is 289 g/mol. The van der Waals surface area contributed by atoms with Gasteiger partial charge in [0, 0.05) is 6.54 Å². The first-order valence-electron chi connectivity index (χ1n) is 5.99. The van der Waals surface area contributed by atoms with Gasteiger partial charge < -0.3 is 9.30 Å². The molecule has 2 rings (SSSR count). The molecule has 6 heteroatoms. The van der Waals surface area contributed by atoms with Gasteiger partial charge in [-0.15, -0.1) is 11.6 Å². The number of aromatic nitrogens is 2. The Kier molecular flexibility index (Phi) is 4.71. The molecule has 0 saturated carbocycles. The third kappa shape index (κ3) is 3.42. The number of aryl methyl sites for hydroxylation is 1. The first kappa shape index (κ1) is 14.2. The van der Waals surface area contributed by atoms with Gasteiger partial charge in [-0.1, -0.05) is 6.07 Å². The third-order valence-corrected chi connectivity index (χ3v) is 3.04. The number of halogens is 3. The molecule has 0 aliphatic carbocycles. The number of benzene rings is 1. The van der Waals surface area contributed by atoms with Gasteiger partial charge in [-0.25, -0.2) is 13.8 Å². The number of alkyl halides is 3. The molecule has 19 heavy (non-hydrogen) atoms. The van der Waals surface area contributed by atoms with Crippen molar-refractivity contribution in [3.05, 3.63) is 29.6 Å². The molecule has 0 bridgehead atoms. The van der Waals surface area contributed by atoms with Gasteiger partial charge in [0.05, 0.1) is 23.5 Å². The maximum Gasteiger partial charge on any atom is 0.261 e. The molecule has 0 N–H and O–H groups in total. The van der Waals surface area contributed by atoms with Gasteiger partial charge in [0.25, 0.3) is 6.43 Å². The van der Waals surface area contributed by atoms with E-state index in [1.165, 1.54) is 0 Å². The summed E-state index contributed by atoms with van der Waals surface area (Å²) in [6.45, 7) is 2.13. The smallest absolute Gasteiger partial charge is 0.261 e. The van der Waals surface area contributed by atoms with Gasteiger partial charge in [-0.05, 0) is 24.6 Å². The van der Waals surface area contributed by atoms with E-state index in [2.05, 4.69) is 4.98 Å². The summed E-state index contributed by atoms with van der Waals surface area (Å²) in [6, 6.07) is 5.91. The van der Waals surface area contributed by atoms with Crippen LogP contribution < -0.4 is 0 Å². The first-order chi connectivity index (χ1) is 9.11. The largest absolute Gasteiger partial charge is 0.374 e. The van der Waals surface area contributed by atoms with Crippen molar-refractivity contribution in [2.45, 2.75) is 25.8 Å². The minimum Gasteiger partial charge on any atom is -0.374 e. The topological polar surface area (TPSA) is 27.1 Å². The molecule has 2 aromatic rings. The Morgan fingerprint density at radius 1 is 1.42 bits per heavy atom. The van der Waals surface area contributed by atoms with E-state index >= 15 is 0 Å². The lowest BCUT2D eigenvalue weighted by Gasteiger charge is -2.08. The highest BCUT2D eigenvalue weighted by molar-refractivity contribution is 6.16. The van der Waals surface area contributed by atoms with Gasteiger partial charge in [-0.2, -0.15) is 0 Å². The van der Waals surface area contributed by atoms with Crippen LogP contribution in [0.25, 0.3) is 11.0 Å². The number of rotatable bonds is 6. The quantitative estimate of drug-likeness (QED) is 0.602. The van der Waals surface area contributed by atoms with Crippen molar-refractivity contribution < 1.29 is 13.5 Å². The van der Waals surface area contributed by atoms with Crippen LogP contribution in [0.4, 0.5) is 8.78 Å². The van der Waals surface area contributed by atoms with Crippen molar-refractivity contribution >= 4 is 22.6 Å². The summed E-state index contributed by atoms with van der Waals surface area (Å²) in [5.74, 6) is 1.01. The fourth-order valence-electron chi connectivity index (χ4n) is 1.96. The Morgan fingerprint density at radius 2 is 2.21 bits per heavy atom. The summed E-state index contributed by atoms with van der Waals surface area (Å²) in [5, 5.41) is 0. The lowest BCUT2D eigenvalue weighted by molar-refractivity contribution is 0.0149. The predicted molar refractivity (Wildman–Crippen MR) is 70.9 cm³/mol. The van der Waals surface area contributed by atoms with Gasteiger partial charge in [-0.3, -0.25) is 0 Å². The van der Waals surface area contributed by atoms with Crippen LogP contribution in [-0.2, 0) is 17.2 Å². The lowest BCUT2D eigenvalue weighted by Crippen LogP contribution is -2.12. The second-order valence-corrected chi connectivity index (χ2v) is 4.54. The molecule has 1 aromatic heterocycles. The van der Waals surface area contributed by atoms with Crippen LogP contribution in [0.5, 0.6) is 0 Å². The van der Waals surface area contributed by atoms with Crippen molar-refractivity contribution in [2.24, 2.45) is 0 Å². The van der Waals surface area contributed by atoms with Crippen molar-refractivity contribution in [3.63, 3.8) is 0 Å². The molecule has 0 atom stereocenters. The molecule has 1 aromatic carbocycles. The second kappa shape index (κ2) is 6.30. The van der Waals surface area contributed by atoms with Crippen LogP contribution in [0.15, 0.2) is 18.2 Å². The molecule has 0 aliphatic heterocycles. The third-order valence-electron chi connectivity index (χ3n) is 2.81.